The van der Waals surface area contributed by atoms with Crippen LogP contribution < -0.4 is 0 Å². The van der Waals surface area contributed by atoms with Crippen LogP contribution in [0, 0.1) is 6.92 Å². The van der Waals surface area contributed by atoms with E-state index in [1.807, 2.05) is 25.1 Å². The number of aryl methyl sites for hydroxylation is 1. The largest absolute Gasteiger partial charge is 0.480 e. The third-order valence-electron chi connectivity index (χ3n) is 3.53. The third-order valence-corrected chi connectivity index (χ3v) is 3.94. The van der Waals surface area contributed by atoms with Gasteiger partial charge in [0.2, 0.25) is 0 Å². The Bertz CT molecular complexity index is 441. The van der Waals surface area contributed by atoms with E-state index in [0.29, 0.717) is 11.4 Å². The Morgan fingerprint density at radius 3 is 2.67 bits per heavy atom. The second-order valence-electron chi connectivity index (χ2n) is 4.88. The minimum atomic E-state index is -0.742. The number of carboxylic acid groups (broad SMARTS) is 1. The molecule has 3 nitrogen and oxygen atoms in total. The highest BCUT2D eigenvalue weighted by Crippen LogP contribution is 2.20. The Kier molecular flexibility index (Phi) is 4.25. The van der Waals surface area contributed by atoms with Crippen LogP contribution in [-0.2, 0) is 11.2 Å². The first-order valence-electron chi connectivity index (χ1n) is 6.30. The minimum Gasteiger partial charge on any atom is -0.480 e. The van der Waals surface area contributed by atoms with E-state index >= 15 is 0 Å². The molecule has 1 heterocycles. The predicted octanol–water partition coefficient (Wildman–Crippen LogP) is 2.74. The quantitative estimate of drug-likeness (QED) is 0.912. The van der Waals surface area contributed by atoms with Crippen molar-refractivity contribution in [1.29, 1.82) is 0 Å². The summed E-state index contributed by atoms with van der Waals surface area (Å²) in [6.45, 7) is 3.72. The summed E-state index contributed by atoms with van der Waals surface area (Å²) in [6, 6.07) is 5.36. The van der Waals surface area contributed by atoms with E-state index in [2.05, 4.69) is 4.90 Å². The molecule has 1 fully saturated rings. The molecule has 1 N–H and O–H groups in total. The van der Waals surface area contributed by atoms with Gasteiger partial charge in [0, 0.05) is 5.02 Å². The van der Waals surface area contributed by atoms with E-state index < -0.39 is 12.0 Å². The number of hydrogen-bond donors (Lipinski definition) is 1. The van der Waals surface area contributed by atoms with Crippen LogP contribution in [-0.4, -0.2) is 35.1 Å². The summed E-state index contributed by atoms with van der Waals surface area (Å²) in [5, 5.41) is 10.1. The molecule has 0 aromatic heterocycles. The van der Waals surface area contributed by atoms with Crippen molar-refractivity contribution < 1.29 is 9.90 Å². The summed E-state index contributed by atoms with van der Waals surface area (Å²) in [5.41, 5.74) is 2.01. The van der Waals surface area contributed by atoms with Crippen molar-refractivity contribution in [2.45, 2.75) is 32.2 Å². The molecule has 1 saturated heterocycles. The minimum absolute atomic E-state index is 0.425. The van der Waals surface area contributed by atoms with E-state index in [9.17, 15) is 9.90 Å². The molecule has 1 atom stereocenters. The average Bonchev–Trinajstić information content (AvgIpc) is 2.83. The zero-order valence-corrected chi connectivity index (χ0v) is 11.3. The second kappa shape index (κ2) is 5.72. The van der Waals surface area contributed by atoms with Gasteiger partial charge in [0.15, 0.2) is 0 Å². The van der Waals surface area contributed by atoms with Crippen LogP contribution in [0.15, 0.2) is 18.2 Å². The Morgan fingerprint density at radius 2 is 2.11 bits per heavy atom. The van der Waals surface area contributed by atoms with Crippen molar-refractivity contribution in [2.24, 2.45) is 0 Å². The first kappa shape index (κ1) is 13.4. The zero-order valence-electron chi connectivity index (χ0n) is 10.5. The summed E-state index contributed by atoms with van der Waals surface area (Å²) in [5.74, 6) is -0.742. The van der Waals surface area contributed by atoms with Crippen LogP contribution in [0.3, 0.4) is 0 Å². The lowest BCUT2D eigenvalue weighted by Gasteiger charge is -2.23. The van der Waals surface area contributed by atoms with Crippen LogP contribution in [0.4, 0.5) is 0 Å². The van der Waals surface area contributed by atoms with Crippen molar-refractivity contribution >= 4 is 17.6 Å². The Labute approximate surface area is 112 Å². The fraction of sp³-hybridized carbons (Fsp3) is 0.500. The van der Waals surface area contributed by atoms with Gasteiger partial charge < -0.3 is 5.11 Å². The molecule has 0 bridgehead atoms. The molecular weight excluding hydrogens is 250 g/mol. The maximum atomic E-state index is 11.4. The molecule has 1 aromatic carbocycles. The lowest BCUT2D eigenvalue weighted by atomic mass is 10.0. The molecule has 1 unspecified atom stereocenters. The average molecular weight is 268 g/mol. The molecule has 0 amide bonds. The maximum absolute atomic E-state index is 11.4. The van der Waals surface area contributed by atoms with Gasteiger partial charge in [-0.15, -0.1) is 0 Å². The summed E-state index contributed by atoms with van der Waals surface area (Å²) >= 11 is 6.08. The van der Waals surface area contributed by atoms with Crippen molar-refractivity contribution in [3.63, 3.8) is 0 Å². The van der Waals surface area contributed by atoms with E-state index in [-0.39, 0.29) is 0 Å². The number of rotatable bonds is 4. The van der Waals surface area contributed by atoms with Gasteiger partial charge >= 0.3 is 5.97 Å². The SMILES string of the molecule is Cc1ccc(CC(C(=O)O)N2CCCC2)cc1Cl. The highest BCUT2D eigenvalue weighted by Gasteiger charge is 2.27. The van der Waals surface area contributed by atoms with Crippen LogP contribution in [0.25, 0.3) is 0 Å². The number of carboxylic acids is 1. The topological polar surface area (TPSA) is 40.5 Å². The number of nitrogens with zero attached hydrogens (tertiary/aromatic N) is 1. The number of carbonyl (C=O) groups is 1. The first-order valence-corrected chi connectivity index (χ1v) is 6.67. The molecule has 1 aromatic rings. The Balaban J connectivity index is 2.12. The first-order chi connectivity index (χ1) is 8.58. The monoisotopic (exact) mass is 267 g/mol. The number of hydrogen-bond acceptors (Lipinski definition) is 2. The third kappa shape index (κ3) is 3.03. The van der Waals surface area contributed by atoms with Crippen molar-refractivity contribution in [3.8, 4) is 0 Å². The molecule has 2 rings (SSSR count). The molecular formula is C14H18ClNO2. The number of likely N-dealkylation sites (tertiary alicyclic amines) is 1. The highest BCUT2D eigenvalue weighted by atomic mass is 35.5. The molecule has 4 heteroatoms. The van der Waals surface area contributed by atoms with Gasteiger partial charge in [0.05, 0.1) is 0 Å². The van der Waals surface area contributed by atoms with Crippen molar-refractivity contribution in [2.75, 3.05) is 13.1 Å². The number of aliphatic carboxylic acids is 1. The van der Waals surface area contributed by atoms with Gasteiger partial charge in [-0.25, -0.2) is 0 Å². The van der Waals surface area contributed by atoms with Crippen LogP contribution in [0.2, 0.25) is 5.02 Å². The lowest BCUT2D eigenvalue weighted by molar-refractivity contribution is -0.142. The van der Waals surface area contributed by atoms with E-state index in [1.54, 1.807) is 0 Å². The Hall–Kier alpha value is -1.06. The van der Waals surface area contributed by atoms with Crippen molar-refractivity contribution in [1.82, 2.24) is 4.90 Å². The summed E-state index contributed by atoms with van der Waals surface area (Å²) in [7, 11) is 0. The van der Waals surface area contributed by atoms with Gasteiger partial charge in [-0.3, -0.25) is 9.69 Å². The summed E-state index contributed by atoms with van der Waals surface area (Å²) in [4.78, 5) is 13.4. The molecule has 0 aliphatic carbocycles. The van der Waals surface area contributed by atoms with Crippen LogP contribution in [0.1, 0.15) is 24.0 Å². The fourth-order valence-electron chi connectivity index (χ4n) is 2.41. The molecule has 1 aliphatic heterocycles. The van der Waals surface area contributed by atoms with Gasteiger partial charge in [-0.05, 0) is 56.5 Å². The number of benzene rings is 1. The molecule has 18 heavy (non-hydrogen) atoms. The van der Waals surface area contributed by atoms with E-state index in [1.165, 1.54) is 0 Å². The summed E-state index contributed by atoms with van der Waals surface area (Å²) < 4.78 is 0. The van der Waals surface area contributed by atoms with E-state index in [4.69, 9.17) is 11.6 Å². The van der Waals surface area contributed by atoms with Crippen LogP contribution >= 0.6 is 11.6 Å². The maximum Gasteiger partial charge on any atom is 0.321 e. The Morgan fingerprint density at radius 1 is 1.44 bits per heavy atom. The molecule has 98 valence electrons. The standard InChI is InChI=1S/C14H18ClNO2/c1-10-4-5-11(8-12(10)15)9-13(14(17)18)16-6-2-3-7-16/h4-5,8,13H,2-3,6-7,9H2,1H3,(H,17,18). The molecule has 0 saturated carbocycles. The van der Waals surface area contributed by atoms with Crippen molar-refractivity contribution in [3.05, 3.63) is 34.3 Å². The number of halogens is 1. The van der Waals surface area contributed by atoms with Crippen LogP contribution in [0.5, 0.6) is 0 Å². The van der Waals surface area contributed by atoms with E-state index in [0.717, 1.165) is 37.1 Å². The molecule has 0 spiro atoms. The fourth-order valence-corrected chi connectivity index (χ4v) is 2.62. The van der Waals surface area contributed by atoms with Gasteiger partial charge in [0.25, 0.3) is 0 Å². The van der Waals surface area contributed by atoms with Gasteiger partial charge in [-0.2, -0.15) is 0 Å². The molecule has 1 aliphatic rings. The van der Waals surface area contributed by atoms with Gasteiger partial charge in [-0.1, -0.05) is 23.7 Å². The highest BCUT2D eigenvalue weighted by molar-refractivity contribution is 6.31. The lowest BCUT2D eigenvalue weighted by Crippen LogP contribution is -2.40. The summed E-state index contributed by atoms with van der Waals surface area (Å²) in [6.07, 6.45) is 2.71. The predicted molar refractivity (Wildman–Crippen MR) is 72.1 cm³/mol. The smallest absolute Gasteiger partial charge is 0.321 e. The molecule has 0 radical (unpaired) electrons. The zero-order chi connectivity index (χ0) is 13.1. The second-order valence-corrected chi connectivity index (χ2v) is 5.29. The van der Waals surface area contributed by atoms with Gasteiger partial charge in [0.1, 0.15) is 6.04 Å². The normalized spacial score (nSPS) is 17.9.